The zero-order valence-electron chi connectivity index (χ0n) is 13.5. The molecule has 0 radical (unpaired) electrons. The van der Waals surface area contributed by atoms with E-state index < -0.39 is 0 Å². The SMILES string of the molecule is O=C(NCC1CC1)C1CCCN(c2ncnc3cc(Cl)ccc23)C1. The van der Waals surface area contributed by atoms with Crippen LogP contribution in [0.2, 0.25) is 5.02 Å². The highest BCUT2D eigenvalue weighted by atomic mass is 35.5. The van der Waals surface area contributed by atoms with E-state index in [-0.39, 0.29) is 11.8 Å². The van der Waals surface area contributed by atoms with Crippen molar-refractivity contribution < 1.29 is 4.79 Å². The molecule has 24 heavy (non-hydrogen) atoms. The van der Waals surface area contributed by atoms with Crippen LogP contribution >= 0.6 is 11.6 Å². The van der Waals surface area contributed by atoms with Crippen LogP contribution in [0.5, 0.6) is 0 Å². The summed E-state index contributed by atoms with van der Waals surface area (Å²) in [6.45, 7) is 2.47. The molecular weight excluding hydrogens is 324 g/mol. The number of nitrogens with one attached hydrogen (secondary N) is 1. The molecule has 2 aliphatic rings. The first-order valence-corrected chi connectivity index (χ1v) is 9.01. The van der Waals surface area contributed by atoms with Gasteiger partial charge in [-0.1, -0.05) is 11.6 Å². The van der Waals surface area contributed by atoms with Gasteiger partial charge in [-0.05, 0) is 49.8 Å². The average Bonchev–Trinajstić information content (AvgIpc) is 3.43. The molecule has 1 saturated carbocycles. The lowest BCUT2D eigenvalue weighted by Gasteiger charge is -2.33. The molecule has 5 nitrogen and oxygen atoms in total. The van der Waals surface area contributed by atoms with E-state index in [0.717, 1.165) is 42.7 Å². The number of rotatable bonds is 4. The van der Waals surface area contributed by atoms with Gasteiger partial charge in [0.2, 0.25) is 5.91 Å². The fourth-order valence-electron chi connectivity index (χ4n) is 3.36. The number of nitrogens with zero attached hydrogens (tertiary/aromatic N) is 3. The lowest BCUT2D eigenvalue weighted by atomic mass is 9.96. The minimum Gasteiger partial charge on any atom is -0.356 e. The number of hydrogen-bond donors (Lipinski definition) is 1. The number of anilines is 1. The van der Waals surface area contributed by atoms with Crippen LogP contribution in [-0.4, -0.2) is 35.5 Å². The number of hydrogen-bond acceptors (Lipinski definition) is 4. The Kier molecular flexibility index (Phi) is 4.27. The third kappa shape index (κ3) is 3.31. The number of carbonyl (C=O) groups is 1. The van der Waals surface area contributed by atoms with Gasteiger partial charge in [0.1, 0.15) is 12.1 Å². The van der Waals surface area contributed by atoms with E-state index in [1.165, 1.54) is 12.8 Å². The Balaban J connectivity index is 1.52. The Morgan fingerprint density at radius 2 is 2.17 bits per heavy atom. The number of aromatic nitrogens is 2. The summed E-state index contributed by atoms with van der Waals surface area (Å²) in [6, 6.07) is 5.68. The van der Waals surface area contributed by atoms with Crippen molar-refractivity contribution >= 4 is 34.2 Å². The number of amides is 1. The summed E-state index contributed by atoms with van der Waals surface area (Å²) < 4.78 is 0. The van der Waals surface area contributed by atoms with E-state index in [4.69, 9.17) is 11.6 Å². The molecule has 0 bridgehead atoms. The second kappa shape index (κ2) is 6.55. The normalized spacial score (nSPS) is 21.0. The zero-order chi connectivity index (χ0) is 16.5. The number of halogens is 1. The van der Waals surface area contributed by atoms with Gasteiger partial charge in [0.05, 0.1) is 11.4 Å². The highest BCUT2D eigenvalue weighted by Gasteiger charge is 2.29. The van der Waals surface area contributed by atoms with Gasteiger partial charge in [-0.15, -0.1) is 0 Å². The number of fused-ring (bicyclic) bond motifs is 1. The summed E-state index contributed by atoms with van der Waals surface area (Å²) in [5.41, 5.74) is 0.841. The van der Waals surface area contributed by atoms with Crippen LogP contribution in [0.15, 0.2) is 24.5 Å². The van der Waals surface area contributed by atoms with Crippen molar-refractivity contribution in [3.63, 3.8) is 0 Å². The first-order valence-electron chi connectivity index (χ1n) is 8.63. The summed E-state index contributed by atoms with van der Waals surface area (Å²) >= 11 is 6.06. The van der Waals surface area contributed by atoms with E-state index in [2.05, 4.69) is 20.2 Å². The van der Waals surface area contributed by atoms with Crippen molar-refractivity contribution in [1.29, 1.82) is 0 Å². The highest BCUT2D eigenvalue weighted by molar-refractivity contribution is 6.31. The van der Waals surface area contributed by atoms with Gasteiger partial charge >= 0.3 is 0 Å². The van der Waals surface area contributed by atoms with Crippen molar-refractivity contribution in [2.24, 2.45) is 11.8 Å². The average molecular weight is 345 g/mol. The minimum atomic E-state index is 0.0369. The summed E-state index contributed by atoms with van der Waals surface area (Å²) in [5.74, 6) is 1.84. The Morgan fingerprint density at radius 3 is 3.00 bits per heavy atom. The van der Waals surface area contributed by atoms with Gasteiger partial charge in [-0.25, -0.2) is 9.97 Å². The van der Waals surface area contributed by atoms with E-state index in [1.54, 1.807) is 6.33 Å². The molecule has 1 atom stereocenters. The molecule has 1 aliphatic heterocycles. The molecule has 1 unspecified atom stereocenters. The van der Waals surface area contributed by atoms with Crippen molar-refractivity contribution in [1.82, 2.24) is 15.3 Å². The van der Waals surface area contributed by atoms with Crippen LogP contribution in [0.4, 0.5) is 5.82 Å². The van der Waals surface area contributed by atoms with E-state index in [1.807, 2.05) is 18.2 Å². The van der Waals surface area contributed by atoms with Crippen LogP contribution in [0, 0.1) is 11.8 Å². The molecule has 1 aromatic carbocycles. The largest absolute Gasteiger partial charge is 0.356 e. The van der Waals surface area contributed by atoms with Crippen molar-refractivity contribution in [3.05, 3.63) is 29.5 Å². The molecular formula is C18H21ClN4O. The smallest absolute Gasteiger partial charge is 0.224 e. The van der Waals surface area contributed by atoms with E-state index >= 15 is 0 Å². The van der Waals surface area contributed by atoms with Crippen LogP contribution in [0.1, 0.15) is 25.7 Å². The van der Waals surface area contributed by atoms with Gasteiger partial charge in [-0.3, -0.25) is 4.79 Å². The zero-order valence-corrected chi connectivity index (χ0v) is 14.3. The molecule has 1 saturated heterocycles. The highest BCUT2D eigenvalue weighted by Crippen LogP contribution is 2.30. The fraction of sp³-hybridized carbons (Fsp3) is 0.500. The summed E-state index contributed by atoms with van der Waals surface area (Å²) in [4.78, 5) is 23.4. The second-order valence-electron chi connectivity index (χ2n) is 6.83. The van der Waals surface area contributed by atoms with Crippen LogP contribution in [-0.2, 0) is 4.79 Å². The molecule has 1 N–H and O–H groups in total. The molecule has 1 aliphatic carbocycles. The van der Waals surface area contributed by atoms with Crippen molar-refractivity contribution in [2.45, 2.75) is 25.7 Å². The van der Waals surface area contributed by atoms with Crippen LogP contribution < -0.4 is 10.2 Å². The lowest BCUT2D eigenvalue weighted by molar-refractivity contribution is -0.125. The predicted octanol–water partition coefficient (Wildman–Crippen LogP) is 3.03. The number of benzene rings is 1. The summed E-state index contributed by atoms with van der Waals surface area (Å²) in [7, 11) is 0. The minimum absolute atomic E-state index is 0.0369. The lowest BCUT2D eigenvalue weighted by Crippen LogP contribution is -2.43. The Bertz CT molecular complexity index is 762. The number of carbonyl (C=O) groups excluding carboxylic acids is 1. The van der Waals surface area contributed by atoms with Gasteiger partial charge in [-0.2, -0.15) is 0 Å². The van der Waals surface area contributed by atoms with Crippen molar-refractivity contribution in [2.75, 3.05) is 24.5 Å². The molecule has 1 aromatic heterocycles. The standard InChI is InChI=1S/C18H21ClN4O/c19-14-5-6-15-16(8-14)21-11-22-17(15)23-7-1-2-13(10-23)18(24)20-9-12-3-4-12/h5-6,8,11-13H,1-4,7,9-10H2,(H,20,24). The third-order valence-corrected chi connectivity index (χ3v) is 5.17. The van der Waals surface area contributed by atoms with Crippen LogP contribution in [0.3, 0.4) is 0 Å². The maximum absolute atomic E-state index is 12.4. The molecule has 2 fully saturated rings. The molecule has 2 heterocycles. The predicted molar refractivity (Wildman–Crippen MR) is 95.2 cm³/mol. The van der Waals surface area contributed by atoms with Gasteiger partial charge < -0.3 is 10.2 Å². The van der Waals surface area contributed by atoms with Gasteiger partial charge in [0, 0.05) is 30.0 Å². The van der Waals surface area contributed by atoms with E-state index in [9.17, 15) is 4.79 Å². The topological polar surface area (TPSA) is 58.1 Å². The monoisotopic (exact) mass is 344 g/mol. The first-order chi connectivity index (χ1) is 11.7. The molecule has 2 aromatic rings. The molecule has 0 spiro atoms. The molecule has 126 valence electrons. The quantitative estimate of drug-likeness (QED) is 0.926. The Hall–Kier alpha value is -1.88. The first kappa shape index (κ1) is 15.6. The molecule has 4 rings (SSSR count). The summed E-state index contributed by atoms with van der Waals surface area (Å²) in [5, 5.41) is 4.77. The maximum Gasteiger partial charge on any atom is 0.224 e. The van der Waals surface area contributed by atoms with Crippen LogP contribution in [0.25, 0.3) is 10.9 Å². The number of piperidine rings is 1. The maximum atomic E-state index is 12.4. The third-order valence-electron chi connectivity index (χ3n) is 4.93. The molecule has 1 amide bonds. The Morgan fingerprint density at radius 1 is 1.29 bits per heavy atom. The molecule has 6 heteroatoms. The van der Waals surface area contributed by atoms with E-state index in [0.29, 0.717) is 17.5 Å². The Labute approximate surface area is 146 Å². The van der Waals surface area contributed by atoms with Gasteiger partial charge in [0.15, 0.2) is 0 Å². The van der Waals surface area contributed by atoms with Gasteiger partial charge in [0.25, 0.3) is 0 Å². The fourth-order valence-corrected chi connectivity index (χ4v) is 3.53. The second-order valence-corrected chi connectivity index (χ2v) is 7.27. The summed E-state index contributed by atoms with van der Waals surface area (Å²) in [6.07, 6.45) is 6.03. The van der Waals surface area contributed by atoms with Crippen molar-refractivity contribution in [3.8, 4) is 0 Å².